The van der Waals surface area contributed by atoms with Crippen LogP contribution in [0.3, 0.4) is 0 Å². The third-order valence-corrected chi connectivity index (χ3v) is 13.3. The van der Waals surface area contributed by atoms with E-state index in [-0.39, 0.29) is 31.1 Å². The van der Waals surface area contributed by atoms with E-state index in [0.717, 1.165) is 128 Å². The molecule has 0 N–H and O–H groups in total. The Labute approximate surface area is 463 Å². The fraction of sp³-hybridized carbons (Fsp3) is 0.696. The van der Waals surface area contributed by atoms with Crippen molar-refractivity contribution in [1.82, 2.24) is 0 Å². The lowest BCUT2D eigenvalue weighted by Gasteiger charge is -2.18. The van der Waals surface area contributed by atoms with Crippen LogP contribution in [-0.4, -0.2) is 37.2 Å². The molecule has 0 aromatic rings. The van der Waals surface area contributed by atoms with Gasteiger partial charge in [-0.05, 0) is 109 Å². The van der Waals surface area contributed by atoms with Crippen LogP contribution in [0.2, 0.25) is 0 Å². The van der Waals surface area contributed by atoms with Crippen LogP contribution < -0.4 is 0 Å². The van der Waals surface area contributed by atoms with Crippen molar-refractivity contribution in [1.29, 1.82) is 0 Å². The van der Waals surface area contributed by atoms with Gasteiger partial charge in [0, 0.05) is 19.3 Å². The number of carbonyl (C=O) groups excluding carboxylic acids is 3. The smallest absolute Gasteiger partial charge is 0.306 e. The molecule has 0 saturated carbocycles. The Morgan fingerprint density at radius 2 is 0.520 bits per heavy atom. The molecular formula is C69H116O6. The number of esters is 3. The molecule has 0 aromatic carbocycles. The van der Waals surface area contributed by atoms with Gasteiger partial charge in [0.2, 0.25) is 0 Å². The number of carbonyl (C=O) groups is 3. The predicted octanol–water partition coefficient (Wildman–Crippen LogP) is 21.4. The fourth-order valence-electron chi connectivity index (χ4n) is 8.57. The highest BCUT2D eigenvalue weighted by Crippen LogP contribution is 2.15. The Bertz CT molecular complexity index is 1520. The zero-order valence-electron chi connectivity index (χ0n) is 49.0. The molecule has 0 aromatic heterocycles. The Balaban J connectivity index is 4.20. The van der Waals surface area contributed by atoms with Crippen LogP contribution in [0.15, 0.2) is 109 Å². The summed E-state index contributed by atoms with van der Waals surface area (Å²) in [7, 11) is 0. The topological polar surface area (TPSA) is 78.9 Å². The van der Waals surface area contributed by atoms with Crippen molar-refractivity contribution >= 4 is 17.9 Å². The molecule has 1 atom stereocenters. The zero-order valence-corrected chi connectivity index (χ0v) is 49.0. The number of allylic oxidation sites excluding steroid dienone is 18. The number of unbranched alkanes of at least 4 members (excludes halogenated alkanes) is 27. The van der Waals surface area contributed by atoms with Crippen molar-refractivity contribution in [2.45, 2.75) is 297 Å². The molecule has 1 unspecified atom stereocenters. The van der Waals surface area contributed by atoms with Gasteiger partial charge in [0.25, 0.3) is 0 Å². The van der Waals surface area contributed by atoms with E-state index in [2.05, 4.69) is 130 Å². The quantitative estimate of drug-likeness (QED) is 0.0261. The maximum atomic E-state index is 12.8. The number of hydrogen-bond acceptors (Lipinski definition) is 6. The highest BCUT2D eigenvalue weighted by Gasteiger charge is 2.19. The van der Waals surface area contributed by atoms with Gasteiger partial charge in [-0.1, -0.05) is 271 Å². The van der Waals surface area contributed by atoms with Gasteiger partial charge in [-0.15, -0.1) is 0 Å². The van der Waals surface area contributed by atoms with E-state index in [1.165, 1.54) is 122 Å². The summed E-state index contributed by atoms with van der Waals surface area (Å²) in [6.07, 6.45) is 85.3. The first-order valence-electron chi connectivity index (χ1n) is 31.4. The average Bonchev–Trinajstić information content (AvgIpc) is 3.41. The number of hydrogen-bond donors (Lipinski definition) is 0. The highest BCUT2D eigenvalue weighted by atomic mass is 16.6. The van der Waals surface area contributed by atoms with Gasteiger partial charge in [-0.2, -0.15) is 0 Å². The zero-order chi connectivity index (χ0) is 54.3. The van der Waals surface area contributed by atoms with E-state index in [1.54, 1.807) is 0 Å². The Hall–Kier alpha value is -3.93. The fourth-order valence-corrected chi connectivity index (χ4v) is 8.57. The van der Waals surface area contributed by atoms with Crippen molar-refractivity contribution in [2.24, 2.45) is 0 Å². The van der Waals surface area contributed by atoms with E-state index in [9.17, 15) is 14.4 Å². The summed E-state index contributed by atoms with van der Waals surface area (Å²) in [6.45, 7) is 6.50. The minimum atomic E-state index is -0.784. The van der Waals surface area contributed by atoms with E-state index in [4.69, 9.17) is 14.2 Å². The van der Waals surface area contributed by atoms with Crippen molar-refractivity contribution in [3.05, 3.63) is 109 Å². The molecule has 6 nitrogen and oxygen atoms in total. The lowest BCUT2D eigenvalue weighted by molar-refractivity contribution is -0.167. The largest absolute Gasteiger partial charge is 0.462 e. The van der Waals surface area contributed by atoms with Gasteiger partial charge in [0.15, 0.2) is 6.10 Å². The second-order valence-electron chi connectivity index (χ2n) is 20.6. The maximum absolute atomic E-state index is 12.8. The van der Waals surface area contributed by atoms with Crippen LogP contribution in [0.4, 0.5) is 0 Å². The Morgan fingerprint density at radius 3 is 0.827 bits per heavy atom. The summed E-state index contributed by atoms with van der Waals surface area (Å²) in [5, 5.41) is 0. The minimum Gasteiger partial charge on any atom is -0.462 e. The first-order chi connectivity index (χ1) is 37.0. The van der Waals surface area contributed by atoms with Crippen molar-refractivity contribution in [3.63, 3.8) is 0 Å². The van der Waals surface area contributed by atoms with Gasteiger partial charge in [-0.25, -0.2) is 0 Å². The van der Waals surface area contributed by atoms with Gasteiger partial charge in [0.05, 0.1) is 0 Å². The second kappa shape index (κ2) is 62.6. The lowest BCUT2D eigenvalue weighted by Crippen LogP contribution is -2.30. The first-order valence-corrected chi connectivity index (χ1v) is 31.4. The molecule has 0 heterocycles. The van der Waals surface area contributed by atoms with Crippen LogP contribution in [0.25, 0.3) is 0 Å². The van der Waals surface area contributed by atoms with Crippen LogP contribution >= 0.6 is 0 Å². The second-order valence-corrected chi connectivity index (χ2v) is 20.6. The van der Waals surface area contributed by atoms with Gasteiger partial charge >= 0.3 is 17.9 Å². The SMILES string of the molecule is CC/C=C\C/C=C\C/C=C\C/C=C\C/C=C\C/C=C\C/C=C\C/C=C\CCCCCCCCCCC(=O)OCC(COC(=O)CCCCCCCCCCCC)OC(=O)CCCCCCC/C=C\CCCCCCC. The van der Waals surface area contributed by atoms with E-state index in [1.807, 2.05) is 0 Å². The molecule has 0 rings (SSSR count). The van der Waals surface area contributed by atoms with E-state index < -0.39 is 6.10 Å². The van der Waals surface area contributed by atoms with E-state index >= 15 is 0 Å². The lowest BCUT2D eigenvalue weighted by atomic mass is 10.1. The van der Waals surface area contributed by atoms with Crippen LogP contribution in [0.1, 0.15) is 290 Å². The normalized spacial score (nSPS) is 12.8. The molecule has 0 radical (unpaired) electrons. The number of rotatable bonds is 56. The van der Waals surface area contributed by atoms with Crippen LogP contribution in [0, 0.1) is 0 Å². The third-order valence-electron chi connectivity index (χ3n) is 13.3. The predicted molar refractivity (Wildman–Crippen MR) is 325 cm³/mol. The molecule has 0 aliphatic heterocycles. The minimum absolute atomic E-state index is 0.0815. The summed E-state index contributed by atoms with van der Waals surface area (Å²) in [6, 6.07) is 0. The molecular weight excluding hydrogens is 925 g/mol. The molecule has 75 heavy (non-hydrogen) atoms. The molecule has 6 heteroatoms. The average molecular weight is 1040 g/mol. The molecule has 0 fully saturated rings. The van der Waals surface area contributed by atoms with Crippen molar-refractivity contribution < 1.29 is 28.6 Å². The number of ether oxygens (including phenoxy) is 3. The summed E-state index contributed by atoms with van der Waals surface area (Å²) >= 11 is 0. The molecule has 0 bridgehead atoms. The van der Waals surface area contributed by atoms with Gasteiger partial charge in [0.1, 0.15) is 13.2 Å². The standard InChI is InChI=1S/C69H116O6/c1-4-7-10-13-16-19-22-24-26-27-28-29-30-31-32-33-34-35-36-37-38-39-40-41-42-43-44-46-47-50-53-56-59-62-68(71)74-65-66(64-73-67(70)61-58-55-52-49-21-18-15-12-9-6-3)75-69(72)63-60-57-54-51-48-45-25-23-20-17-14-11-8-5-2/h7,10,16,19,23-26,28-29,31-32,34-35,37-38,40-41,66H,4-6,8-9,11-15,17-18,20-22,27,30,33,36,39,42-65H2,1-3H3/b10-7-,19-16-,25-23-,26-24-,29-28-,32-31-,35-34-,38-37-,41-40-. The molecule has 0 spiro atoms. The third kappa shape index (κ3) is 60.8. The molecule has 0 aliphatic carbocycles. The summed E-state index contributed by atoms with van der Waals surface area (Å²) in [5.74, 6) is -0.896. The highest BCUT2D eigenvalue weighted by molar-refractivity contribution is 5.71. The Kier molecular flexibility index (Phi) is 59.3. The summed E-state index contributed by atoms with van der Waals surface area (Å²) < 4.78 is 16.8. The Morgan fingerprint density at radius 1 is 0.280 bits per heavy atom. The molecule has 0 aliphatic rings. The monoisotopic (exact) mass is 1040 g/mol. The molecule has 428 valence electrons. The van der Waals surface area contributed by atoms with Crippen molar-refractivity contribution in [3.8, 4) is 0 Å². The van der Waals surface area contributed by atoms with E-state index in [0.29, 0.717) is 19.3 Å². The molecule has 0 amide bonds. The van der Waals surface area contributed by atoms with Crippen molar-refractivity contribution in [2.75, 3.05) is 13.2 Å². The van der Waals surface area contributed by atoms with Gasteiger partial charge in [-0.3, -0.25) is 14.4 Å². The van der Waals surface area contributed by atoms with Crippen LogP contribution in [-0.2, 0) is 28.6 Å². The first kappa shape index (κ1) is 71.1. The van der Waals surface area contributed by atoms with Crippen LogP contribution in [0.5, 0.6) is 0 Å². The summed E-state index contributed by atoms with van der Waals surface area (Å²) in [4.78, 5) is 38.1. The molecule has 0 saturated heterocycles. The van der Waals surface area contributed by atoms with Gasteiger partial charge < -0.3 is 14.2 Å². The summed E-state index contributed by atoms with van der Waals surface area (Å²) in [5.41, 5.74) is 0. The maximum Gasteiger partial charge on any atom is 0.306 e.